The molecule has 0 aliphatic rings. The first-order chi connectivity index (χ1) is 6.30. The van der Waals surface area contributed by atoms with Crippen molar-refractivity contribution in [1.82, 2.24) is 0 Å². The van der Waals surface area contributed by atoms with E-state index in [1.165, 1.54) is 11.1 Å². The molecule has 0 atom stereocenters. The van der Waals surface area contributed by atoms with E-state index in [0.29, 0.717) is 13.4 Å². The van der Waals surface area contributed by atoms with E-state index in [0.717, 1.165) is 12.8 Å². The Morgan fingerprint density at radius 1 is 1.15 bits per heavy atom. The summed E-state index contributed by atoms with van der Waals surface area (Å²) >= 11 is 0. The number of hydrogen-bond donors (Lipinski definition) is 1. The first-order valence-corrected chi connectivity index (χ1v) is 4.55. The molecule has 0 amide bonds. The summed E-state index contributed by atoms with van der Waals surface area (Å²) in [5.41, 5.74) is 2.47. The highest BCUT2D eigenvalue weighted by Crippen LogP contribution is 2.17. The molecule has 0 aliphatic carbocycles. The summed E-state index contributed by atoms with van der Waals surface area (Å²) in [6, 6.07) is 6.03. The van der Waals surface area contributed by atoms with Crippen LogP contribution in [0.4, 0.5) is 0 Å². The van der Waals surface area contributed by atoms with Crippen LogP contribution in [0.2, 0.25) is 0 Å². The predicted molar refractivity (Wildman–Crippen MR) is 53.8 cm³/mol. The summed E-state index contributed by atoms with van der Waals surface area (Å²) < 4.78 is 4.92. The fraction of sp³-hybridized carbons (Fsp3) is 0.400. The van der Waals surface area contributed by atoms with Crippen molar-refractivity contribution in [1.29, 1.82) is 0 Å². The van der Waals surface area contributed by atoms with Gasteiger partial charge in [0, 0.05) is 0 Å². The molecule has 1 rings (SSSR count). The molecule has 0 spiro atoms. The Hall–Kier alpha value is -0.955. The van der Waals surface area contributed by atoms with Crippen molar-refractivity contribution in [2.45, 2.75) is 26.7 Å². The predicted octanol–water partition coefficient (Wildman–Crippen LogP) is 1.72. The van der Waals surface area contributed by atoms with Crippen LogP contribution in [0.5, 0.6) is 5.75 Å². The fourth-order valence-corrected chi connectivity index (χ4v) is 1.27. The highest BCUT2D eigenvalue weighted by molar-refractivity contribution is 6.17. The van der Waals surface area contributed by atoms with Crippen LogP contribution in [0.1, 0.15) is 25.0 Å². The summed E-state index contributed by atoms with van der Waals surface area (Å²) in [7, 11) is 0.716. The monoisotopic (exact) mass is 177 g/mol. The molecule has 13 heavy (non-hydrogen) atoms. The van der Waals surface area contributed by atoms with E-state index >= 15 is 0 Å². The lowest BCUT2D eigenvalue weighted by Gasteiger charge is -2.07. The van der Waals surface area contributed by atoms with Crippen molar-refractivity contribution in [2.24, 2.45) is 0 Å². The molecule has 0 saturated carbocycles. The molecule has 1 aromatic carbocycles. The molecule has 0 saturated heterocycles. The number of rotatable bonds is 4. The van der Waals surface area contributed by atoms with Crippen molar-refractivity contribution in [3.05, 3.63) is 29.3 Å². The maximum atomic E-state index is 8.50. The Morgan fingerprint density at radius 3 is 2.08 bits per heavy atom. The van der Waals surface area contributed by atoms with Crippen LogP contribution in [0.25, 0.3) is 0 Å². The van der Waals surface area contributed by atoms with Gasteiger partial charge in [0.2, 0.25) is 0 Å². The summed E-state index contributed by atoms with van der Waals surface area (Å²) in [4.78, 5) is 0. The highest BCUT2D eigenvalue weighted by Gasteiger charge is 1.99. The van der Waals surface area contributed by atoms with E-state index in [-0.39, 0.29) is 0 Å². The van der Waals surface area contributed by atoms with Crippen LogP contribution >= 0.6 is 0 Å². The molecule has 0 bridgehead atoms. The Morgan fingerprint density at radius 2 is 1.69 bits per heavy atom. The summed E-state index contributed by atoms with van der Waals surface area (Å²) in [5.74, 6) is 0.707. The van der Waals surface area contributed by atoms with Gasteiger partial charge in [0.15, 0.2) is 0 Å². The average molecular weight is 177 g/mol. The smallest absolute Gasteiger partial charge is 0.537 e. The molecule has 0 fully saturated rings. The molecule has 69 valence electrons. The van der Waals surface area contributed by atoms with Crippen LogP contribution in [0.3, 0.4) is 0 Å². The number of aryl methyl sites for hydroxylation is 2. The highest BCUT2D eigenvalue weighted by atomic mass is 16.5. The van der Waals surface area contributed by atoms with E-state index in [1.54, 1.807) is 0 Å². The standard InChI is InChI=1S/C10H14BO2/c1-3-8-5-9(4-2)7-10(6-8)13-11-12/h5-7,12H,3-4H2,1-2H3. The van der Waals surface area contributed by atoms with E-state index in [9.17, 15) is 0 Å². The molecule has 0 aromatic heterocycles. The minimum absolute atomic E-state index is 0.707. The van der Waals surface area contributed by atoms with Gasteiger partial charge in [0.1, 0.15) is 5.75 Å². The SMILES string of the molecule is CCc1cc(CC)cc(O[B]O)c1. The molecule has 0 unspecified atom stereocenters. The van der Waals surface area contributed by atoms with Crippen LogP contribution < -0.4 is 4.65 Å². The third kappa shape index (κ3) is 2.78. The second-order valence-corrected chi connectivity index (χ2v) is 2.92. The summed E-state index contributed by atoms with van der Waals surface area (Å²) in [6.45, 7) is 4.20. The molecule has 2 nitrogen and oxygen atoms in total. The van der Waals surface area contributed by atoms with Crippen LogP contribution in [0, 0.1) is 0 Å². The summed E-state index contributed by atoms with van der Waals surface area (Å²) in [6.07, 6.45) is 1.96. The quantitative estimate of drug-likeness (QED) is 0.709. The van der Waals surface area contributed by atoms with Gasteiger partial charge in [0.05, 0.1) is 0 Å². The van der Waals surface area contributed by atoms with E-state index < -0.39 is 0 Å². The molecular formula is C10H14BO2. The molecular weight excluding hydrogens is 163 g/mol. The average Bonchev–Trinajstić information content (AvgIpc) is 2.17. The molecule has 0 heterocycles. The number of hydrogen-bond acceptors (Lipinski definition) is 2. The molecule has 1 aromatic rings. The lowest BCUT2D eigenvalue weighted by atomic mass is 10.1. The van der Waals surface area contributed by atoms with Crippen molar-refractivity contribution in [2.75, 3.05) is 0 Å². The largest absolute Gasteiger partial charge is 0.569 e. The van der Waals surface area contributed by atoms with Crippen LogP contribution in [0.15, 0.2) is 18.2 Å². The van der Waals surface area contributed by atoms with Gasteiger partial charge < -0.3 is 9.68 Å². The maximum absolute atomic E-state index is 8.50. The second-order valence-electron chi connectivity index (χ2n) is 2.92. The van der Waals surface area contributed by atoms with Gasteiger partial charge in [-0.3, -0.25) is 0 Å². The van der Waals surface area contributed by atoms with Crippen molar-refractivity contribution >= 4 is 7.69 Å². The van der Waals surface area contributed by atoms with E-state index in [2.05, 4.69) is 19.9 Å². The Bertz CT molecular complexity index is 251. The normalized spacial score (nSPS) is 9.77. The third-order valence-corrected chi connectivity index (χ3v) is 2.03. The van der Waals surface area contributed by atoms with Crippen molar-refractivity contribution in [3.8, 4) is 5.75 Å². The first-order valence-electron chi connectivity index (χ1n) is 4.55. The van der Waals surface area contributed by atoms with Gasteiger partial charge in [-0.05, 0) is 36.1 Å². The van der Waals surface area contributed by atoms with Gasteiger partial charge in [-0.2, -0.15) is 0 Å². The molecule has 1 radical (unpaired) electrons. The van der Waals surface area contributed by atoms with E-state index in [1.807, 2.05) is 12.1 Å². The van der Waals surface area contributed by atoms with Crippen molar-refractivity contribution < 1.29 is 9.68 Å². The Balaban J connectivity index is 2.93. The Kier molecular flexibility index (Phi) is 3.84. The van der Waals surface area contributed by atoms with Gasteiger partial charge in [-0.1, -0.05) is 19.9 Å². The topological polar surface area (TPSA) is 29.5 Å². The lowest BCUT2D eigenvalue weighted by Crippen LogP contribution is -2.01. The van der Waals surface area contributed by atoms with Gasteiger partial charge in [0.25, 0.3) is 0 Å². The number of benzene rings is 1. The Labute approximate surface area is 79.9 Å². The van der Waals surface area contributed by atoms with Gasteiger partial charge in [-0.15, -0.1) is 0 Å². The zero-order valence-corrected chi connectivity index (χ0v) is 8.08. The van der Waals surface area contributed by atoms with Crippen LogP contribution in [-0.4, -0.2) is 12.7 Å². The van der Waals surface area contributed by atoms with Gasteiger partial charge >= 0.3 is 7.69 Å². The minimum atomic E-state index is 0.707. The lowest BCUT2D eigenvalue weighted by molar-refractivity contribution is 0.453. The molecule has 0 aliphatic heterocycles. The maximum Gasteiger partial charge on any atom is 0.569 e. The van der Waals surface area contributed by atoms with Crippen LogP contribution in [-0.2, 0) is 12.8 Å². The van der Waals surface area contributed by atoms with Gasteiger partial charge in [-0.25, -0.2) is 0 Å². The summed E-state index contributed by atoms with van der Waals surface area (Å²) in [5, 5.41) is 8.50. The fourth-order valence-electron chi connectivity index (χ4n) is 1.27. The second kappa shape index (κ2) is 4.92. The third-order valence-electron chi connectivity index (χ3n) is 2.03. The van der Waals surface area contributed by atoms with Crippen molar-refractivity contribution in [3.63, 3.8) is 0 Å². The molecule has 1 N–H and O–H groups in total. The van der Waals surface area contributed by atoms with E-state index in [4.69, 9.17) is 9.68 Å². The molecule has 3 heteroatoms. The minimum Gasteiger partial charge on any atom is -0.537 e. The zero-order valence-electron chi connectivity index (χ0n) is 8.08. The zero-order chi connectivity index (χ0) is 9.68. The first kappa shape index (κ1) is 10.1.